The highest BCUT2D eigenvalue weighted by molar-refractivity contribution is 6.04. The molecule has 0 radical (unpaired) electrons. The number of aromatic nitrogens is 2. The minimum atomic E-state index is -0.940. The molecule has 2 saturated heterocycles. The van der Waals surface area contributed by atoms with E-state index in [2.05, 4.69) is 20.6 Å². The highest BCUT2D eigenvalue weighted by Gasteiger charge is 2.62. The van der Waals surface area contributed by atoms with E-state index in [1.807, 2.05) is 61.5 Å². The van der Waals surface area contributed by atoms with Gasteiger partial charge in [0, 0.05) is 48.2 Å². The van der Waals surface area contributed by atoms with Crippen molar-refractivity contribution in [2.75, 3.05) is 88.0 Å². The number of hydrogen-bond donors (Lipinski definition) is 2. The van der Waals surface area contributed by atoms with Crippen molar-refractivity contribution in [2.45, 2.75) is 109 Å². The van der Waals surface area contributed by atoms with E-state index in [1.54, 1.807) is 7.11 Å². The molecule has 5 atom stereocenters. The molecule has 6 aliphatic rings. The SMILES string of the molecule is CCN(C)Cc1oc(N2CC(CC)(OCC34CC(Oc5c(F)cc(NC(=O)c6nc(N7CC(CC)(OC)C7)oc6CN(C)C)cc5F)CC3C4)C2)nc1C(=O)Nc1cc(F)c(OC2CC3CC3C2)c(F)c1. The summed E-state index contributed by atoms with van der Waals surface area (Å²) < 4.78 is 97.9. The van der Waals surface area contributed by atoms with Crippen LogP contribution in [0.25, 0.3) is 0 Å². The number of amides is 2. The van der Waals surface area contributed by atoms with Crippen LogP contribution in [-0.4, -0.2) is 123 Å². The lowest BCUT2D eigenvalue weighted by Crippen LogP contribution is -2.63. The minimum absolute atomic E-state index is 0.00820. The quantitative estimate of drug-likeness (QED) is 0.0768. The molecule has 384 valence electrons. The molecule has 5 unspecified atom stereocenters. The summed E-state index contributed by atoms with van der Waals surface area (Å²) in [5, 5.41) is 5.19. The number of nitrogens with zero attached hydrogens (tertiary/aromatic N) is 6. The molecule has 2 aromatic heterocycles. The number of methoxy groups -OCH3 is 1. The predicted octanol–water partition coefficient (Wildman–Crippen LogP) is 8.26. The Hall–Kier alpha value is -5.44. The number of oxazole rings is 2. The van der Waals surface area contributed by atoms with Crippen LogP contribution in [0.4, 0.5) is 41.0 Å². The van der Waals surface area contributed by atoms with Crippen molar-refractivity contribution in [3.63, 3.8) is 0 Å². The van der Waals surface area contributed by atoms with Crippen molar-refractivity contribution >= 4 is 35.2 Å². The van der Waals surface area contributed by atoms with E-state index >= 15 is 17.6 Å². The van der Waals surface area contributed by atoms with Crippen LogP contribution in [-0.2, 0) is 22.6 Å². The van der Waals surface area contributed by atoms with Crippen LogP contribution in [0.2, 0.25) is 0 Å². The molecule has 2 aliphatic heterocycles. The van der Waals surface area contributed by atoms with Gasteiger partial charge in [-0.2, -0.15) is 9.97 Å². The fourth-order valence-electron chi connectivity index (χ4n) is 11.1. The number of benzene rings is 2. The Morgan fingerprint density at radius 3 is 1.68 bits per heavy atom. The second-order valence-electron chi connectivity index (χ2n) is 21.2. The van der Waals surface area contributed by atoms with Gasteiger partial charge >= 0.3 is 0 Å². The first-order valence-electron chi connectivity index (χ1n) is 24.9. The van der Waals surface area contributed by atoms with Crippen molar-refractivity contribution in [3.05, 3.63) is 70.4 Å². The summed E-state index contributed by atoms with van der Waals surface area (Å²) >= 11 is 0. The molecule has 10 rings (SSSR count). The smallest absolute Gasteiger partial charge is 0.298 e. The Labute approximate surface area is 410 Å². The molecule has 16 nitrogen and oxygen atoms in total. The molecule has 4 heterocycles. The second kappa shape index (κ2) is 18.9. The zero-order valence-electron chi connectivity index (χ0n) is 41.5. The van der Waals surface area contributed by atoms with Crippen molar-refractivity contribution in [1.82, 2.24) is 19.8 Å². The monoisotopic (exact) mass is 992 g/mol. The van der Waals surface area contributed by atoms with Gasteiger partial charge in [0.25, 0.3) is 23.8 Å². The number of rotatable bonds is 21. The van der Waals surface area contributed by atoms with Crippen LogP contribution in [0.5, 0.6) is 11.5 Å². The van der Waals surface area contributed by atoms with Crippen LogP contribution in [0.3, 0.4) is 0 Å². The lowest BCUT2D eigenvalue weighted by molar-refractivity contribution is -0.0890. The molecule has 0 spiro atoms. The van der Waals surface area contributed by atoms with Gasteiger partial charge in [-0.3, -0.25) is 14.5 Å². The van der Waals surface area contributed by atoms with Crippen molar-refractivity contribution in [2.24, 2.45) is 23.2 Å². The summed E-state index contributed by atoms with van der Waals surface area (Å²) in [6.45, 7) is 9.68. The van der Waals surface area contributed by atoms with Gasteiger partial charge in [-0.25, -0.2) is 17.6 Å². The predicted molar refractivity (Wildman–Crippen MR) is 254 cm³/mol. The fraction of sp³-hybridized carbons (Fsp3) is 0.608. The summed E-state index contributed by atoms with van der Waals surface area (Å²) in [6, 6.07) is 4.70. The maximum absolute atomic E-state index is 15.6. The average molecular weight is 993 g/mol. The maximum Gasteiger partial charge on any atom is 0.298 e. The standard InChI is InChI=1S/C51H64F4N8O8/c1-8-50(66-7)23-62(24-50)47-58-41(39(70-47)21-60(4)5)45(64)56-32-17-37(54)44(38(55)18-32)69-34-14-30-19-49(30,20-34)27-67-51(9-2)25-63(26-51)48-59-42(40(71-48)22-61(6)10-3)46(65)57-31-15-35(52)43(36(53)16-31)68-33-12-28-11-29(28)13-33/h15-18,28-30,33-34H,8-14,19-27H2,1-7H3,(H,56,64)(H,57,65). The third-order valence-electron chi connectivity index (χ3n) is 15.9. The van der Waals surface area contributed by atoms with E-state index in [9.17, 15) is 9.59 Å². The van der Waals surface area contributed by atoms with Crippen molar-refractivity contribution < 1.29 is 54.9 Å². The molecule has 4 saturated carbocycles. The Morgan fingerprint density at radius 2 is 1.20 bits per heavy atom. The molecule has 4 aliphatic carbocycles. The lowest BCUT2D eigenvalue weighted by Gasteiger charge is -2.49. The number of ether oxygens (including phenoxy) is 4. The summed E-state index contributed by atoms with van der Waals surface area (Å²) in [5.74, 6) is -3.84. The third-order valence-corrected chi connectivity index (χ3v) is 15.9. The molecule has 6 fully saturated rings. The first-order chi connectivity index (χ1) is 33.9. The normalized spacial score (nSPS) is 25.5. The van der Waals surface area contributed by atoms with Gasteiger partial charge in [0.2, 0.25) is 0 Å². The first-order valence-corrected chi connectivity index (χ1v) is 24.9. The zero-order chi connectivity index (χ0) is 50.1. The highest BCUT2D eigenvalue weighted by Crippen LogP contribution is 2.64. The number of hydrogen-bond acceptors (Lipinski definition) is 14. The molecule has 2 aromatic carbocycles. The van der Waals surface area contributed by atoms with Crippen LogP contribution in [0.1, 0.15) is 105 Å². The number of halogens is 4. The summed E-state index contributed by atoms with van der Waals surface area (Å²) in [6.07, 6.45) is 5.66. The van der Waals surface area contributed by atoms with Gasteiger partial charge in [0.1, 0.15) is 11.2 Å². The van der Waals surface area contributed by atoms with Gasteiger partial charge in [0.15, 0.2) is 57.7 Å². The highest BCUT2D eigenvalue weighted by atomic mass is 19.1. The van der Waals surface area contributed by atoms with E-state index in [4.69, 9.17) is 27.8 Å². The largest absolute Gasteiger partial charge is 0.484 e. The topological polar surface area (TPSA) is 160 Å². The third kappa shape index (κ3) is 9.80. The van der Waals surface area contributed by atoms with Crippen LogP contribution in [0, 0.1) is 46.4 Å². The molecule has 4 aromatic rings. The summed E-state index contributed by atoms with van der Waals surface area (Å²) in [4.78, 5) is 43.8. The van der Waals surface area contributed by atoms with E-state index in [1.165, 1.54) is 0 Å². The van der Waals surface area contributed by atoms with Crippen LogP contribution >= 0.6 is 0 Å². The number of carbonyl (C=O) groups is 2. The van der Waals surface area contributed by atoms with Crippen LogP contribution < -0.4 is 29.9 Å². The lowest BCUT2D eigenvalue weighted by atomic mass is 9.90. The van der Waals surface area contributed by atoms with Crippen molar-refractivity contribution in [3.8, 4) is 11.5 Å². The molecular weight excluding hydrogens is 929 g/mol. The Morgan fingerprint density at radius 1 is 0.704 bits per heavy atom. The molecule has 0 bridgehead atoms. The minimum Gasteiger partial charge on any atom is -0.484 e. The van der Waals surface area contributed by atoms with Gasteiger partial charge in [-0.1, -0.05) is 20.8 Å². The number of fused-ring (bicyclic) bond motifs is 2. The second-order valence-corrected chi connectivity index (χ2v) is 21.2. The molecular formula is C51H64F4N8O8. The van der Waals surface area contributed by atoms with Gasteiger partial charge in [-0.15, -0.1) is 0 Å². The Balaban J connectivity index is 0.738. The summed E-state index contributed by atoms with van der Waals surface area (Å²) in [5.41, 5.74) is -1.17. The number of carbonyl (C=O) groups excluding carboxylic acids is 2. The molecule has 71 heavy (non-hydrogen) atoms. The first kappa shape index (κ1) is 49.2. The van der Waals surface area contributed by atoms with Gasteiger partial charge in [-0.05, 0) is 96.8 Å². The van der Waals surface area contributed by atoms with E-state index in [0.717, 1.165) is 56.4 Å². The van der Waals surface area contributed by atoms with E-state index in [-0.39, 0.29) is 70.9 Å². The zero-order valence-corrected chi connectivity index (χ0v) is 41.5. The number of nitrogens with one attached hydrogen (secondary N) is 2. The van der Waals surface area contributed by atoms with Gasteiger partial charge < -0.3 is 53.1 Å². The average Bonchev–Trinajstić information content (AvgIpc) is 3.83. The Kier molecular flexibility index (Phi) is 13.1. The van der Waals surface area contributed by atoms with E-state index in [0.29, 0.717) is 81.9 Å². The van der Waals surface area contributed by atoms with E-state index < -0.39 is 58.3 Å². The fourth-order valence-corrected chi connectivity index (χ4v) is 11.1. The van der Waals surface area contributed by atoms with Crippen LogP contribution in [0.15, 0.2) is 33.1 Å². The summed E-state index contributed by atoms with van der Waals surface area (Å²) in [7, 11) is 7.20. The maximum atomic E-state index is 15.6. The van der Waals surface area contributed by atoms with Gasteiger partial charge in [0.05, 0.1) is 58.1 Å². The Bertz CT molecular complexity index is 2610. The van der Waals surface area contributed by atoms with Crippen molar-refractivity contribution in [1.29, 1.82) is 0 Å². The molecule has 20 heteroatoms. The molecule has 2 N–H and O–H groups in total. The molecule has 2 amide bonds. The number of anilines is 4.